The number of hydrogen-bond donors (Lipinski definition) is 1. The van der Waals surface area contributed by atoms with E-state index < -0.39 is 10.0 Å². The van der Waals surface area contributed by atoms with Crippen LogP contribution in [-0.4, -0.2) is 79.2 Å². The largest absolute Gasteiger partial charge is 0.364 e. The fraction of sp³-hybridized carbons (Fsp3) is 0.562. The summed E-state index contributed by atoms with van der Waals surface area (Å²) in [7, 11) is -1.64. The molecule has 9 nitrogen and oxygen atoms in total. The van der Waals surface area contributed by atoms with Crippen LogP contribution in [0.3, 0.4) is 0 Å². The Hall–Kier alpha value is -1.63. The van der Waals surface area contributed by atoms with Gasteiger partial charge in [0.15, 0.2) is 5.96 Å². The van der Waals surface area contributed by atoms with Crippen molar-refractivity contribution in [2.24, 2.45) is 4.99 Å². The molecule has 0 atom stereocenters. The Labute approximate surface area is 173 Å². The highest BCUT2D eigenvalue weighted by Gasteiger charge is 2.28. The summed E-state index contributed by atoms with van der Waals surface area (Å²) in [6, 6.07) is 1.58. The van der Waals surface area contributed by atoms with Crippen LogP contribution in [0, 0.1) is 0 Å². The van der Waals surface area contributed by atoms with Crippen LogP contribution in [-0.2, 0) is 15.8 Å². The number of nitrogens with one attached hydrogen (secondary N) is 1. The predicted octanol–water partition coefficient (Wildman–Crippen LogP) is 1.34. The van der Waals surface area contributed by atoms with Gasteiger partial charge in [-0.05, 0) is 6.42 Å². The first-order valence-electron chi connectivity index (χ1n) is 8.93. The Morgan fingerprint density at radius 3 is 2.86 bits per heavy atom. The van der Waals surface area contributed by atoms with E-state index in [1.807, 2.05) is 11.6 Å². The number of nitrogens with zero attached hydrogens (tertiary/aromatic N) is 5. The summed E-state index contributed by atoms with van der Waals surface area (Å²) in [5.41, 5.74) is 0.426. The molecular weight excluding hydrogens is 420 g/mol. The van der Waals surface area contributed by atoms with Crippen LogP contribution in [0.15, 0.2) is 37.8 Å². The van der Waals surface area contributed by atoms with Crippen LogP contribution in [0.1, 0.15) is 12.1 Å². The number of aromatic nitrogens is 2. The van der Waals surface area contributed by atoms with Gasteiger partial charge in [-0.1, -0.05) is 16.9 Å². The van der Waals surface area contributed by atoms with Crippen LogP contribution < -0.4 is 5.32 Å². The van der Waals surface area contributed by atoms with Crippen molar-refractivity contribution in [3.05, 3.63) is 29.6 Å². The second-order valence-electron chi connectivity index (χ2n) is 6.11. The fourth-order valence-corrected chi connectivity index (χ4v) is 5.89. The van der Waals surface area contributed by atoms with E-state index in [4.69, 9.17) is 4.52 Å². The van der Waals surface area contributed by atoms with Gasteiger partial charge >= 0.3 is 0 Å². The molecular formula is C16H24N6O3S3. The Bertz CT molecular complexity index is 831. The third-order valence-corrected chi connectivity index (χ3v) is 8.07. The summed E-state index contributed by atoms with van der Waals surface area (Å²) >= 11 is 3.41. The summed E-state index contributed by atoms with van der Waals surface area (Å²) in [5.74, 6) is 1.67. The average Bonchev–Trinajstić information content (AvgIpc) is 3.39. The minimum atomic E-state index is -3.39. The molecule has 3 rings (SSSR count). The first kappa shape index (κ1) is 21.1. The van der Waals surface area contributed by atoms with Gasteiger partial charge < -0.3 is 14.7 Å². The fourth-order valence-electron chi connectivity index (χ4n) is 2.81. The molecule has 28 heavy (non-hydrogen) atoms. The van der Waals surface area contributed by atoms with Crippen LogP contribution >= 0.6 is 23.1 Å². The molecule has 2 aromatic rings. The SMILES string of the molecule is CN=C(NCCCSc1nccs1)N1CCN(S(=O)(=O)Cc2ccon2)CC1. The highest BCUT2D eigenvalue weighted by atomic mass is 32.2. The van der Waals surface area contributed by atoms with Gasteiger partial charge in [0.1, 0.15) is 16.4 Å². The lowest BCUT2D eigenvalue weighted by Gasteiger charge is -2.35. The Morgan fingerprint density at radius 1 is 1.39 bits per heavy atom. The van der Waals surface area contributed by atoms with Gasteiger partial charge in [0.25, 0.3) is 0 Å². The van der Waals surface area contributed by atoms with Gasteiger partial charge in [0, 0.05) is 63.2 Å². The molecule has 154 valence electrons. The summed E-state index contributed by atoms with van der Waals surface area (Å²) in [4.78, 5) is 10.7. The molecule has 0 aliphatic carbocycles. The van der Waals surface area contributed by atoms with Gasteiger partial charge in [0.05, 0.1) is 5.69 Å². The molecule has 2 aromatic heterocycles. The molecule has 0 spiro atoms. The van der Waals surface area contributed by atoms with Crippen molar-refractivity contribution >= 4 is 39.1 Å². The smallest absolute Gasteiger partial charge is 0.220 e. The quantitative estimate of drug-likeness (QED) is 0.282. The number of thioether (sulfide) groups is 1. The Morgan fingerprint density at radius 2 is 2.21 bits per heavy atom. The number of guanidine groups is 1. The third-order valence-electron chi connectivity index (χ3n) is 4.20. The third kappa shape index (κ3) is 5.93. The van der Waals surface area contributed by atoms with Gasteiger partial charge in [-0.25, -0.2) is 13.4 Å². The van der Waals surface area contributed by atoms with Crippen molar-refractivity contribution in [2.75, 3.05) is 45.5 Å². The Balaban J connectivity index is 1.40. The maximum absolute atomic E-state index is 12.5. The zero-order chi connectivity index (χ0) is 19.8. The molecule has 12 heteroatoms. The van der Waals surface area contributed by atoms with Crippen molar-refractivity contribution in [3.63, 3.8) is 0 Å². The first-order valence-corrected chi connectivity index (χ1v) is 12.4. The zero-order valence-corrected chi connectivity index (χ0v) is 18.1. The molecule has 3 heterocycles. The number of piperazine rings is 1. The minimum Gasteiger partial charge on any atom is -0.364 e. The Kier molecular flexibility index (Phi) is 7.71. The van der Waals surface area contributed by atoms with E-state index in [-0.39, 0.29) is 5.75 Å². The second kappa shape index (κ2) is 10.2. The normalized spacial score (nSPS) is 16.5. The molecule has 0 amide bonds. The van der Waals surface area contributed by atoms with Gasteiger partial charge in [-0.15, -0.1) is 11.3 Å². The molecule has 0 unspecified atom stereocenters. The van der Waals surface area contributed by atoms with Gasteiger partial charge in [0.2, 0.25) is 10.0 Å². The number of aliphatic imine (C=N–C) groups is 1. The monoisotopic (exact) mass is 444 g/mol. The first-order chi connectivity index (χ1) is 13.6. The number of sulfonamides is 1. The molecule has 0 bridgehead atoms. The highest BCUT2D eigenvalue weighted by Crippen LogP contribution is 2.20. The standard InChI is InChI=1S/C16H24N6O3S3/c1-17-15(18-4-2-11-26-16-19-5-12-27-16)21-6-8-22(9-7-21)28(23,24)13-14-3-10-25-20-14/h3,5,10,12H,2,4,6-9,11,13H2,1H3,(H,17,18). The lowest BCUT2D eigenvalue weighted by molar-refractivity contribution is 0.260. The molecule has 1 aliphatic rings. The van der Waals surface area contributed by atoms with Crippen molar-refractivity contribution in [1.82, 2.24) is 24.7 Å². The highest BCUT2D eigenvalue weighted by molar-refractivity contribution is 8.01. The van der Waals surface area contributed by atoms with Gasteiger partial charge in [-0.2, -0.15) is 4.31 Å². The van der Waals surface area contributed by atoms with Crippen LogP contribution in [0.25, 0.3) is 0 Å². The van der Waals surface area contributed by atoms with Crippen LogP contribution in [0.2, 0.25) is 0 Å². The number of thiazole rings is 1. The molecule has 1 aliphatic heterocycles. The maximum atomic E-state index is 12.5. The lowest BCUT2D eigenvalue weighted by atomic mass is 10.4. The molecule has 1 N–H and O–H groups in total. The second-order valence-corrected chi connectivity index (χ2v) is 10.3. The summed E-state index contributed by atoms with van der Waals surface area (Å²) < 4.78 is 32.3. The summed E-state index contributed by atoms with van der Waals surface area (Å²) in [5, 5.41) is 9.04. The topological polar surface area (TPSA) is 104 Å². The minimum absolute atomic E-state index is 0.132. The van der Waals surface area contributed by atoms with E-state index in [1.54, 1.807) is 36.2 Å². The van der Waals surface area contributed by atoms with E-state index >= 15 is 0 Å². The van der Waals surface area contributed by atoms with Crippen LogP contribution in [0.4, 0.5) is 0 Å². The van der Waals surface area contributed by atoms with Crippen molar-refractivity contribution in [3.8, 4) is 0 Å². The molecule has 0 radical (unpaired) electrons. The van der Waals surface area contributed by atoms with Crippen molar-refractivity contribution in [1.29, 1.82) is 0 Å². The number of hydrogen-bond acceptors (Lipinski definition) is 8. The molecule has 0 aromatic carbocycles. The van der Waals surface area contributed by atoms with E-state index in [0.717, 1.165) is 29.0 Å². The molecule has 1 saturated heterocycles. The van der Waals surface area contributed by atoms with E-state index in [9.17, 15) is 8.42 Å². The lowest BCUT2D eigenvalue weighted by Crippen LogP contribution is -2.54. The molecule has 1 fully saturated rings. The number of rotatable bonds is 8. The summed E-state index contributed by atoms with van der Waals surface area (Å²) in [6.07, 6.45) is 4.20. The van der Waals surface area contributed by atoms with Crippen molar-refractivity contribution in [2.45, 2.75) is 16.5 Å². The zero-order valence-electron chi connectivity index (χ0n) is 15.7. The average molecular weight is 445 g/mol. The summed E-state index contributed by atoms with van der Waals surface area (Å²) in [6.45, 7) is 2.88. The van der Waals surface area contributed by atoms with E-state index in [0.29, 0.717) is 31.9 Å². The van der Waals surface area contributed by atoms with E-state index in [2.05, 4.69) is 25.3 Å². The van der Waals surface area contributed by atoms with Gasteiger partial charge in [-0.3, -0.25) is 4.99 Å². The van der Waals surface area contributed by atoms with Crippen LogP contribution in [0.5, 0.6) is 0 Å². The maximum Gasteiger partial charge on any atom is 0.220 e. The predicted molar refractivity (Wildman–Crippen MR) is 111 cm³/mol. The van der Waals surface area contributed by atoms with Crippen molar-refractivity contribution < 1.29 is 12.9 Å². The van der Waals surface area contributed by atoms with E-state index in [1.165, 1.54) is 10.6 Å². The molecule has 0 saturated carbocycles.